The van der Waals surface area contributed by atoms with E-state index in [1.807, 2.05) is 33.8 Å². The van der Waals surface area contributed by atoms with Crippen LogP contribution < -0.4 is 5.32 Å². The summed E-state index contributed by atoms with van der Waals surface area (Å²) in [5, 5.41) is 6.58. The van der Waals surface area contributed by atoms with Crippen LogP contribution in [-0.4, -0.2) is 16.0 Å². The van der Waals surface area contributed by atoms with Crippen molar-refractivity contribution in [2.75, 3.05) is 0 Å². The molecular weight excluding hydrogens is 278 g/mol. The maximum atomic E-state index is 12.1. The molecule has 1 heterocycles. The minimum atomic E-state index is -0.321. The second-order valence-electron chi connectivity index (χ2n) is 6.47. The predicted molar refractivity (Wildman–Crippen MR) is 84.7 cm³/mol. The van der Waals surface area contributed by atoms with Crippen LogP contribution in [0.25, 0.3) is 0 Å². The predicted octanol–water partition coefficient (Wildman–Crippen LogP) is 3.17. The fourth-order valence-corrected chi connectivity index (χ4v) is 2.05. The third-order valence-electron chi connectivity index (χ3n) is 3.53. The first-order valence-corrected chi connectivity index (χ1v) is 7.52. The van der Waals surface area contributed by atoms with Crippen LogP contribution in [0.3, 0.4) is 0 Å². The molecular formula is C17H23N3O2. The summed E-state index contributed by atoms with van der Waals surface area (Å²) in [4.78, 5) is 16.3. The zero-order valence-electron chi connectivity index (χ0n) is 13.9. The van der Waals surface area contributed by atoms with Gasteiger partial charge in [-0.1, -0.05) is 51.1 Å². The minimum Gasteiger partial charge on any atom is -0.345 e. The number of carbonyl (C=O) groups excluding carboxylic acids is 1. The summed E-state index contributed by atoms with van der Waals surface area (Å²) < 4.78 is 5.13. The molecule has 0 bridgehead atoms. The van der Waals surface area contributed by atoms with Crippen molar-refractivity contribution in [2.45, 2.75) is 53.0 Å². The van der Waals surface area contributed by atoms with Crippen LogP contribution in [0.15, 0.2) is 22.7 Å². The van der Waals surface area contributed by atoms with Crippen LogP contribution in [0.4, 0.5) is 0 Å². The molecule has 118 valence electrons. The van der Waals surface area contributed by atoms with E-state index in [0.29, 0.717) is 12.4 Å². The number of nitrogens with one attached hydrogen (secondary N) is 1. The van der Waals surface area contributed by atoms with Crippen molar-refractivity contribution in [1.29, 1.82) is 0 Å². The molecule has 2 rings (SSSR count). The quantitative estimate of drug-likeness (QED) is 0.942. The second-order valence-corrected chi connectivity index (χ2v) is 6.47. The van der Waals surface area contributed by atoms with Crippen molar-refractivity contribution in [3.8, 4) is 0 Å². The Bertz CT molecular complexity index is 669. The van der Waals surface area contributed by atoms with Crippen LogP contribution in [0.1, 0.15) is 60.9 Å². The number of hydrogen-bond donors (Lipinski definition) is 1. The van der Waals surface area contributed by atoms with Gasteiger partial charge in [0.25, 0.3) is 11.7 Å². The molecule has 0 fully saturated rings. The van der Waals surface area contributed by atoms with Gasteiger partial charge in [-0.2, -0.15) is 4.98 Å². The summed E-state index contributed by atoms with van der Waals surface area (Å²) in [6, 6.07) is 6.28. The van der Waals surface area contributed by atoms with Crippen LogP contribution in [0.5, 0.6) is 0 Å². The molecule has 1 aromatic carbocycles. The van der Waals surface area contributed by atoms with Gasteiger partial charge in [-0.05, 0) is 30.0 Å². The number of amides is 1. The molecule has 2 aromatic rings. The Hall–Kier alpha value is -2.17. The van der Waals surface area contributed by atoms with Gasteiger partial charge in [-0.25, -0.2) is 0 Å². The molecule has 0 unspecified atom stereocenters. The number of nitrogens with zero attached hydrogens (tertiary/aromatic N) is 2. The summed E-state index contributed by atoms with van der Waals surface area (Å²) in [5.74, 6) is 0.215. The highest BCUT2D eigenvalue weighted by Gasteiger charge is 2.24. The smallest absolute Gasteiger partial charge is 0.292 e. The lowest BCUT2D eigenvalue weighted by molar-refractivity contribution is 0.0937. The first-order chi connectivity index (χ1) is 10.3. The largest absolute Gasteiger partial charge is 0.345 e. The van der Waals surface area contributed by atoms with Crippen LogP contribution in [0.2, 0.25) is 0 Å². The molecule has 1 amide bonds. The van der Waals surface area contributed by atoms with Gasteiger partial charge < -0.3 is 9.84 Å². The molecule has 0 saturated heterocycles. The Morgan fingerprint density at radius 1 is 1.32 bits per heavy atom. The van der Waals surface area contributed by atoms with Crippen molar-refractivity contribution in [1.82, 2.24) is 15.5 Å². The molecule has 5 heteroatoms. The molecule has 0 atom stereocenters. The van der Waals surface area contributed by atoms with E-state index < -0.39 is 0 Å². The fourth-order valence-electron chi connectivity index (χ4n) is 2.05. The minimum absolute atomic E-state index is 0.0766. The van der Waals surface area contributed by atoms with Gasteiger partial charge in [-0.15, -0.1) is 0 Å². The van der Waals surface area contributed by atoms with Crippen molar-refractivity contribution >= 4 is 5.91 Å². The normalized spacial score (nSPS) is 11.5. The SMILES string of the molecule is CCc1ccc(CNC(=O)c2noc(C(C)(C)C)n2)c(C)c1. The summed E-state index contributed by atoms with van der Waals surface area (Å²) in [7, 11) is 0. The van der Waals surface area contributed by atoms with Gasteiger partial charge in [0.1, 0.15) is 0 Å². The summed E-state index contributed by atoms with van der Waals surface area (Å²) in [6.07, 6.45) is 1.01. The molecule has 0 saturated carbocycles. The number of aromatic nitrogens is 2. The molecule has 5 nitrogen and oxygen atoms in total. The lowest BCUT2D eigenvalue weighted by Crippen LogP contribution is -2.24. The molecule has 0 radical (unpaired) electrons. The van der Waals surface area contributed by atoms with E-state index in [1.165, 1.54) is 11.1 Å². The third kappa shape index (κ3) is 3.72. The highest BCUT2D eigenvalue weighted by Crippen LogP contribution is 2.19. The Kier molecular flexibility index (Phi) is 4.64. The van der Waals surface area contributed by atoms with E-state index in [9.17, 15) is 4.79 Å². The lowest BCUT2D eigenvalue weighted by Gasteiger charge is -2.10. The van der Waals surface area contributed by atoms with Crippen molar-refractivity contribution < 1.29 is 9.32 Å². The van der Waals surface area contributed by atoms with Gasteiger partial charge >= 0.3 is 0 Å². The van der Waals surface area contributed by atoms with Gasteiger partial charge in [-0.3, -0.25) is 4.79 Å². The van der Waals surface area contributed by atoms with Gasteiger partial charge in [0.15, 0.2) is 0 Å². The monoisotopic (exact) mass is 301 g/mol. The first-order valence-electron chi connectivity index (χ1n) is 7.52. The summed E-state index contributed by atoms with van der Waals surface area (Å²) in [5.41, 5.74) is 3.28. The van der Waals surface area contributed by atoms with Crippen LogP contribution in [-0.2, 0) is 18.4 Å². The van der Waals surface area contributed by atoms with Crippen LogP contribution >= 0.6 is 0 Å². The maximum Gasteiger partial charge on any atom is 0.292 e. The highest BCUT2D eigenvalue weighted by molar-refractivity contribution is 5.90. The van der Waals surface area contributed by atoms with Gasteiger partial charge in [0, 0.05) is 12.0 Å². The highest BCUT2D eigenvalue weighted by atomic mass is 16.5. The molecule has 0 aliphatic rings. The lowest BCUT2D eigenvalue weighted by atomic mass is 9.97. The average Bonchev–Trinajstić information content (AvgIpc) is 2.95. The molecule has 0 aliphatic carbocycles. The Morgan fingerprint density at radius 2 is 2.05 bits per heavy atom. The maximum absolute atomic E-state index is 12.1. The zero-order chi connectivity index (χ0) is 16.3. The van der Waals surface area contributed by atoms with E-state index in [0.717, 1.165) is 12.0 Å². The van der Waals surface area contributed by atoms with Gasteiger partial charge in [0.05, 0.1) is 0 Å². The van der Waals surface area contributed by atoms with Crippen molar-refractivity contribution in [2.24, 2.45) is 0 Å². The van der Waals surface area contributed by atoms with E-state index >= 15 is 0 Å². The molecule has 1 aromatic heterocycles. The Balaban J connectivity index is 2.02. The van der Waals surface area contributed by atoms with E-state index in [2.05, 4.69) is 34.5 Å². The standard InChI is InChI=1S/C17H23N3O2/c1-6-12-7-8-13(11(2)9-12)10-18-15(21)14-19-16(22-20-14)17(3,4)5/h7-9H,6,10H2,1-5H3,(H,18,21). The Morgan fingerprint density at radius 3 is 2.59 bits per heavy atom. The topological polar surface area (TPSA) is 68.0 Å². The number of carbonyl (C=O) groups is 1. The van der Waals surface area contributed by atoms with Gasteiger partial charge in [0.2, 0.25) is 5.89 Å². The van der Waals surface area contributed by atoms with Crippen LogP contribution in [0, 0.1) is 6.92 Å². The summed E-state index contributed by atoms with van der Waals surface area (Å²) in [6.45, 7) is 10.5. The fraction of sp³-hybridized carbons (Fsp3) is 0.471. The van der Waals surface area contributed by atoms with E-state index in [-0.39, 0.29) is 17.1 Å². The number of rotatable bonds is 4. The number of benzene rings is 1. The molecule has 22 heavy (non-hydrogen) atoms. The second kappa shape index (κ2) is 6.30. The van der Waals surface area contributed by atoms with E-state index in [4.69, 9.17) is 4.52 Å². The zero-order valence-corrected chi connectivity index (χ0v) is 13.9. The molecule has 0 spiro atoms. The Labute approximate surface area is 131 Å². The first kappa shape index (κ1) is 16.2. The van der Waals surface area contributed by atoms with Crippen molar-refractivity contribution in [3.05, 3.63) is 46.6 Å². The number of hydrogen-bond acceptors (Lipinski definition) is 4. The van der Waals surface area contributed by atoms with Crippen molar-refractivity contribution in [3.63, 3.8) is 0 Å². The summed E-state index contributed by atoms with van der Waals surface area (Å²) >= 11 is 0. The molecule has 0 aliphatic heterocycles. The number of aryl methyl sites for hydroxylation is 2. The third-order valence-corrected chi connectivity index (χ3v) is 3.53. The van der Waals surface area contributed by atoms with E-state index in [1.54, 1.807) is 0 Å². The average molecular weight is 301 g/mol. The molecule has 1 N–H and O–H groups in total.